The van der Waals surface area contributed by atoms with Gasteiger partial charge in [0.15, 0.2) is 0 Å². The summed E-state index contributed by atoms with van der Waals surface area (Å²) in [5.41, 5.74) is -0.532. The first-order valence-corrected chi connectivity index (χ1v) is 6.06. The SMILES string of the molecule is CCC1(OC(=O)C(=O)O)CCCCCCC1. The zero-order valence-corrected chi connectivity index (χ0v) is 9.83. The molecule has 1 rings (SSSR count). The van der Waals surface area contributed by atoms with Gasteiger partial charge in [0.2, 0.25) is 0 Å². The number of hydrogen-bond donors (Lipinski definition) is 1. The fourth-order valence-electron chi connectivity index (χ4n) is 2.32. The highest BCUT2D eigenvalue weighted by molar-refractivity contribution is 6.28. The number of carboxylic acids is 1. The molecular formula is C12H20O4. The Morgan fingerprint density at radius 1 is 1.12 bits per heavy atom. The number of esters is 1. The first-order chi connectivity index (χ1) is 7.59. The van der Waals surface area contributed by atoms with Crippen LogP contribution < -0.4 is 0 Å². The van der Waals surface area contributed by atoms with E-state index in [4.69, 9.17) is 9.84 Å². The lowest BCUT2D eigenvalue weighted by atomic mass is 9.85. The van der Waals surface area contributed by atoms with Gasteiger partial charge in [-0.2, -0.15) is 0 Å². The van der Waals surface area contributed by atoms with Crippen LogP contribution in [0.2, 0.25) is 0 Å². The van der Waals surface area contributed by atoms with Crippen molar-refractivity contribution in [2.45, 2.75) is 63.9 Å². The Morgan fingerprint density at radius 2 is 1.62 bits per heavy atom. The van der Waals surface area contributed by atoms with Crippen molar-refractivity contribution >= 4 is 11.9 Å². The lowest BCUT2D eigenvalue weighted by Crippen LogP contribution is -2.37. The van der Waals surface area contributed by atoms with Crippen LogP contribution in [0.25, 0.3) is 0 Å². The van der Waals surface area contributed by atoms with Gasteiger partial charge in [-0.25, -0.2) is 9.59 Å². The third-order valence-electron chi connectivity index (χ3n) is 3.39. The molecule has 1 fully saturated rings. The van der Waals surface area contributed by atoms with E-state index < -0.39 is 17.5 Å². The molecule has 0 saturated heterocycles. The Labute approximate surface area is 96.0 Å². The van der Waals surface area contributed by atoms with Gasteiger partial charge in [0.05, 0.1) is 0 Å². The second-order valence-corrected chi connectivity index (χ2v) is 4.50. The molecule has 1 aliphatic rings. The van der Waals surface area contributed by atoms with E-state index in [2.05, 4.69) is 0 Å². The molecule has 92 valence electrons. The Hall–Kier alpha value is -1.06. The Bertz CT molecular complexity index is 252. The molecule has 1 aliphatic carbocycles. The zero-order valence-electron chi connectivity index (χ0n) is 9.83. The van der Waals surface area contributed by atoms with Crippen molar-refractivity contribution in [1.82, 2.24) is 0 Å². The van der Waals surface area contributed by atoms with Crippen LogP contribution in [-0.4, -0.2) is 22.6 Å². The average molecular weight is 228 g/mol. The van der Waals surface area contributed by atoms with Crippen LogP contribution in [0.3, 0.4) is 0 Å². The third kappa shape index (κ3) is 3.51. The number of rotatable bonds is 2. The molecule has 0 amide bonds. The highest BCUT2D eigenvalue weighted by Gasteiger charge is 2.34. The molecule has 0 unspecified atom stereocenters. The molecule has 0 aliphatic heterocycles. The van der Waals surface area contributed by atoms with Crippen LogP contribution in [0.4, 0.5) is 0 Å². The molecule has 1 N–H and O–H groups in total. The number of carboxylic acid groups (broad SMARTS) is 1. The van der Waals surface area contributed by atoms with Gasteiger partial charge in [0.1, 0.15) is 5.60 Å². The van der Waals surface area contributed by atoms with Crippen molar-refractivity contribution in [2.75, 3.05) is 0 Å². The van der Waals surface area contributed by atoms with Crippen molar-refractivity contribution < 1.29 is 19.4 Å². The van der Waals surface area contributed by atoms with Crippen molar-refractivity contribution in [3.8, 4) is 0 Å². The van der Waals surface area contributed by atoms with E-state index in [9.17, 15) is 9.59 Å². The minimum Gasteiger partial charge on any atom is -0.473 e. The highest BCUT2D eigenvalue weighted by Crippen LogP contribution is 2.32. The Balaban J connectivity index is 2.65. The van der Waals surface area contributed by atoms with Crippen molar-refractivity contribution in [2.24, 2.45) is 0 Å². The fourth-order valence-corrected chi connectivity index (χ4v) is 2.32. The van der Waals surface area contributed by atoms with E-state index in [0.29, 0.717) is 6.42 Å². The van der Waals surface area contributed by atoms with Crippen LogP contribution in [-0.2, 0) is 14.3 Å². The monoisotopic (exact) mass is 228 g/mol. The van der Waals surface area contributed by atoms with Crippen molar-refractivity contribution in [3.63, 3.8) is 0 Å². The lowest BCUT2D eigenvalue weighted by Gasteiger charge is -2.33. The van der Waals surface area contributed by atoms with Gasteiger partial charge >= 0.3 is 11.9 Å². The quantitative estimate of drug-likeness (QED) is 0.582. The van der Waals surface area contributed by atoms with Crippen LogP contribution in [0, 0.1) is 0 Å². The number of carbonyl (C=O) groups excluding carboxylic acids is 1. The van der Waals surface area contributed by atoms with Gasteiger partial charge < -0.3 is 9.84 Å². The van der Waals surface area contributed by atoms with Gasteiger partial charge in [0.25, 0.3) is 0 Å². The van der Waals surface area contributed by atoms with Crippen molar-refractivity contribution in [1.29, 1.82) is 0 Å². The maximum atomic E-state index is 11.2. The van der Waals surface area contributed by atoms with Gasteiger partial charge in [-0.1, -0.05) is 26.2 Å². The van der Waals surface area contributed by atoms with Crippen LogP contribution in [0.1, 0.15) is 58.3 Å². The molecule has 0 aromatic rings. The van der Waals surface area contributed by atoms with E-state index in [1.54, 1.807) is 0 Å². The first-order valence-electron chi connectivity index (χ1n) is 6.06. The summed E-state index contributed by atoms with van der Waals surface area (Å²) in [5.74, 6) is -2.60. The van der Waals surface area contributed by atoms with Crippen LogP contribution in [0.15, 0.2) is 0 Å². The molecule has 16 heavy (non-hydrogen) atoms. The topological polar surface area (TPSA) is 63.6 Å². The maximum absolute atomic E-state index is 11.2. The second kappa shape index (κ2) is 5.87. The lowest BCUT2D eigenvalue weighted by molar-refractivity contribution is -0.176. The minimum absolute atomic E-state index is 0.532. The van der Waals surface area contributed by atoms with Crippen molar-refractivity contribution in [3.05, 3.63) is 0 Å². The molecule has 0 spiro atoms. The van der Waals surface area contributed by atoms with E-state index in [-0.39, 0.29) is 0 Å². The highest BCUT2D eigenvalue weighted by atomic mass is 16.6. The van der Waals surface area contributed by atoms with Gasteiger partial charge in [0, 0.05) is 0 Å². The number of carbonyl (C=O) groups is 2. The average Bonchev–Trinajstić information content (AvgIpc) is 2.22. The molecule has 0 aromatic heterocycles. The molecule has 0 atom stereocenters. The molecule has 4 nitrogen and oxygen atoms in total. The molecule has 0 bridgehead atoms. The smallest absolute Gasteiger partial charge is 0.417 e. The first kappa shape index (κ1) is 13.0. The molecule has 0 aromatic carbocycles. The predicted octanol–water partition coefficient (Wildman–Crippen LogP) is 2.51. The molecule has 1 saturated carbocycles. The summed E-state index contributed by atoms with van der Waals surface area (Å²) in [4.78, 5) is 21.7. The summed E-state index contributed by atoms with van der Waals surface area (Å²) in [6, 6.07) is 0. The molecule has 0 radical (unpaired) electrons. The van der Waals surface area contributed by atoms with Crippen LogP contribution in [0.5, 0.6) is 0 Å². The summed E-state index contributed by atoms with van der Waals surface area (Å²) < 4.78 is 5.19. The van der Waals surface area contributed by atoms with Gasteiger partial charge in [-0.3, -0.25) is 0 Å². The Kier molecular flexibility index (Phi) is 4.77. The number of ether oxygens (including phenoxy) is 1. The zero-order chi connectivity index (χ0) is 12.0. The summed E-state index contributed by atoms with van der Waals surface area (Å²) in [5, 5.41) is 8.57. The fraction of sp³-hybridized carbons (Fsp3) is 0.833. The second-order valence-electron chi connectivity index (χ2n) is 4.50. The summed E-state index contributed by atoms with van der Waals surface area (Å²) >= 11 is 0. The Morgan fingerprint density at radius 3 is 2.06 bits per heavy atom. The number of hydrogen-bond acceptors (Lipinski definition) is 3. The van der Waals surface area contributed by atoms with E-state index >= 15 is 0 Å². The van der Waals surface area contributed by atoms with E-state index in [0.717, 1.165) is 38.5 Å². The largest absolute Gasteiger partial charge is 0.473 e. The summed E-state index contributed by atoms with van der Waals surface area (Å²) in [6.07, 6.45) is 7.84. The standard InChI is InChI=1S/C12H20O4/c1-2-12(16-11(15)10(13)14)8-6-4-3-5-7-9-12/h2-9H2,1H3,(H,13,14). The van der Waals surface area contributed by atoms with Crippen LogP contribution >= 0.6 is 0 Å². The van der Waals surface area contributed by atoms with E-state index in [1.165, 1.54) is 6.42 Å². The third-order valence-corrected chi connectivity index (χ3v) is 3.39. The maximum Gasteiger partial charge on any atom is 0.417 e. The predicted molar refractivity (Wildman–Crippen MR) is 59.1 cm³/mol. The molecule has 0 heterocycles. The summed E-state index contributed by atoms with van der Waals surface area (Å²) in [6.45, 7) is 1.96. The minimum atomic E-state index is -1.49. The van der Waals surface area contributed by atoms with Gasteiger partial charge in [-0.15, -0.1) is 0 Å². The number of aliphatic carboxylic acids is 1. The molecule has 4 heteroatoms. The van der Waals surface area contributed by atoms with E-state index in [1.807, 2.05) is 6.92 Å². The molecular weight excluding hydrogens is 208 g/mol. The normalized spacial score (nSPS) is 20.6. The van der Waals surface area contributed by atoms with Gasteiger partial charge in [-0.05, 0) is 32.1 Å². The summed E-state index contributed by atoms with van der Waals surface area (Å²) in [7, 11) is 0.